The van der Waals surface area contributed by atoms with Gasteiger partial charge in [-0.15, -0.1) is 0 Å². The van der Waals surface area contributed by atoms with Crippen LogP contribution in [0.25, 0.3) is 0 Å². The predicted octanol–water partition coefficient (Wildman–Crippen LogP) is 3.85. The van der Waals surface area contributed by atoms with Crippen LogP contribution in [0.5, 0.6) is 5.75 Å². The molecule has 0 fully saturated rings. The number of anilines is 1. The van der Waals surface area contributed by atoms with Crippen molar-refractivity contribution in [3.05, 3.63) is 23.8 Å². The van der Waals surface area contributed by atoms with E-state index in [-0.39, 0.29) is 0 Å². The Morgan fingerprint density at radius 3 is 2.50 bits per heavy atom. The zero-order valence-electron chi connectivity index (χ0n) is 11.1. The molecule has 2 heteroatoms. The van der Waals surface area contributed by atoms with Crippen molar-refractivity contribution in [3.63, 3.8) is 0 Å². The molecule has 16 heavy (non-hydrogen) atoms. The van der Waals surface area contributed by atoms with Gasteiger partial charge in [-0.3, -0.25) is 0 Å². The van der Waals surface area contributed by atoms with E-state index in [1.54, 1.807) is 7.11 Å². The van der Waals surface area contributed by atoms with Crippen molar-refractivity contribution < 1.29 is 4.74 Å². The molecule has 0 saturated heterocycles. The van der Waals surface area contributed by atoms with Crippen molar-refractivity contribution in [2.45, 2.75) is 34.1 Å². The molecule has 1 aromatic rings. The highest BCUT2D eigenvalue weighted by molar-refractivity contribution is 5.54. The first-order chi connectivity index (χ1) is 7.42. The van der Waals surface area contributed by atoms with Gasteiger partial charge in [-0.1, -0.05) is 26.8 Å². The summed E-state index contributed by atoms with van der Waals surface area (Å²) in [5.74, 6) is 0.906. The van der Waals surface area contributed by atoms with Gasteiger partial charge in [0.25, 0.3) is 0 Å². The minimum Gasteiger partial charge on any atom is -0.497 e. The molecule has 1 aromatic carbocycles. The van der Waals surface area contributed by atoms with E-state index in [0.717, 1.165) is 18.7 Å². The molecule has 0 bridgehead atoms. The Kier molecular flexibility index (Phi) is 4.22. The van der Waals surface area contributed by atoms with Gasteiger partial charge in [0, 0.05) is 18.3 Å². The average Bonchev–Trinajstić information content (AvgIpc) is 2.19. The number of hydrogen-bond donors (Lipinski definition) is 1. The van der Waals surface area contributed by atoms with Gasteiger partial charge in [-0.05, 0) is 30.4 Å². The maximum absolute atomic E-state index is 5.22. The first kappa shape index (κ1) is 12.9. The average molecular weight is 221 g/mol. The van der Waals surface area contributed by atoms with Crippen LogP contribution in [0.15, 0.2) is 18.2 Å². The number of hydrogen-bond acceptors (Lipinski definition) is 2. The monoisotopic (exact) mass is 221 g/mol. The van der Waals surface area contributed by atoms with Crippen molar-refractivity contribution in [3.8, 4) is 5.75 Å². The zero-order chi connectivity index (χ0) is 12.2. The van der Waals surface area contributed by atoms with E-state index in [1.807, 2.05) is 6.07 Å². The molecule has 0 aliphatic heterocycles. The summed E-state index contributed by atoms with van der Waals surface area (Å²) in [4.78, 5) is 0. The van der Waals surface area contributed by atoms with E-state index in [4.69, 9.17) is 4.74 Å². The van der Waals surface area contributed by atoms with Gasteiger partial charge in [0.1, 0.15) is 5.75 Å². The molecule has 0 heterocycles. The lowest BCUT2D eigenvalue weighted by Crippen LogP contribution is -2.13. The molecule has 0 saturated carbocycles. The highest BCUT2D eigenvalue weighted by Gasteiger charge is 2.09. The molecule has 0 aromatic heterocycles. The van der Waals surface area contributed by atoms with Crippen LogP contribution in [0.2, 0.25) is 0 Å². The summed E-state index contributed by atoms with van der Waals surface area (Å²) in [6, 6.07) is 6.13. The molecule has 1 rings (SSSR count). The smallest absolute Gasteiger partial charge is 0.120 e. The fraction of sp³-hybridized carbons (Fsp3) is 0.571. The Labute approximate surface area is 99.0 Å². The second-order valence-corrected chi connectivity index (χ2v) is 5.42. The molecule has 0 atom stereocenters. The maximum Gasteiger partial charge on any atom is 0.120 e. The van der Waals surface area contributed by atoms with Crippen molar-refractivity contribution in [1.82, 2.24) is 0 Å². The van der Waals surface area contributed by atoms with Crippen LogP contribution in [0.4, 0.5) is 5.69 Å². The lowest BCUT2D eigenvalue weighted by molar-refractivity contribution is 0.389. The first-order valence-corrected chi connectivity index (χ1v) is 5.81. The van der Waals surface area contributed by atoms with Crippen LogP contribution in [-0.2, 0) is 0 Å². The van der Waals surface area contributed by atoms with Crippen LogP contribution < -0.4 is 10.1 Å². The summed E-state index contributed by atoms with van der Waals surface area (Å²) in [5, 5.41) is 3.46. The summed E-state index contributed by atoms with van der Waals surface area (Å²) in [7, 11) is 1.70. The van der Waals surface area contributed by atoms with Crippen molar-refractivity contribution in [2.24, 2.45) is 5.41 Å². The highest BCUT2D eigenvalue weighted by Crippen LogP contribution is 2.23. The van der Waals surface area contributed by atoms with Crippen molar-refractivity contribution >= 4 is 5.69 Å². The zero-order valence-corrected chi connectivity index (χ0v) is 11.1. The topological polar surface area (TPSA) is 21.3 Å². The summed E-state index contributed by atoms with van der Waals surface area (Å²) < 4.78 is 5.22. The Morgan fingerprint density at radius 1 is 1.25 bits per heavy atom. The number of methoxy groups -OCH3 is 1. The normalized spacial score (nSPS) is 11.3. The lowest BCUT2D eigenvalue weighted by Gasteiger charge is -2.19. The summed E-state index contributed by atoms with van der Waals surface area (Å²) in [5.41, 5.74) is 2.80. The summed E-state index contributed by atoms with van der Waals surface area (Å²) >= 11 is 0. The van der Waals surface area contributed by atoms with E-state index in [0.29, 0.717) is 5.41 Å². The molecule has 0 aliphatic carbocycles. The molecule has 2 nitrogen and oxygen atoms in total. The van der Waals surface area contributed by atoms with Gasteiger partial charge in [-0.25, -0.2) is 0 Å². The molecule has 0 unspecified atom stereocenters. The van der Waals surface area contributed by atoms with Crippen LogP contribution >= 0.6 is 0 Å². The number of ether oxygens (including phenoxy) is 1. The molecule has 0 radical (unpaired) electrons. The van der Waals surface area contributed by atoms with Crippen LogP contribution in [0, 0.1) is 12.3 Å². The molecule has 0 amide bonds. The minimum absolute atomic E-state index is 0.375. The van der Waals surface area contributed by atoms with Crippen molar-refractivity contribution in [1.29, 1.82) is 0 Å². The SMILES string of the molecule is COc1ccc(C)c(NCCC(C)(C)C)c1. The Hall–Kier alpha value is -1.18. The Morgan fingerprint density at radius 2 is 1.94 bits per heavy atom. The third kappa shape index (κ3) is 4.13. The largest absolute Gasteiger partial charge is 0.497 e. The predicted molar refractivity (Wildman–Crippen MR) is 70.3 cm³/mol. The van der Waals surface area contributed by atoms with Gasteiger partial charge in [0.2, 0.25) is 0 Å². The standard InChI is InChI=1S/C14H23NO/c1-11-6-7-12(16-5)10-13(11)15-9-8-14(2,3)4/h6-7,10,15H,8-9H2,1-5H3. The molecular formula is C14H23NO. The van der Waals surface area contributed by atoms with Crippen LogP contribution in [0.3, 0.4) is 0 Å². The third-order valence-electron chi connectivity index (χ3n) is 2.64. The molecule has 0 spiro atoms. The van der Waals surface area contributed by atoms with Crippen LogP contribution in [-0.4, -0.2) is 13.7 Å². The quantitative estimate of drug-likeness (QED) is 0.833. The van der Waals surface area contributed by atoms with Gasteiger partial charge >= 0.3 is 0 Å². The van der Waals surface area contributed by atoms with Gasteiger partial charge in [0.15, 0.2) is 0 Å². The number of nitrogens with one attached hydrogen (secondary N) is 1. The van der Waals surface area contributed by atoms with E-state index < -0.39 is 0 Å². The lowest BCUT2D eigenvalue weighted by atomic mass is 9.92. The van der Waals surface area contributed by atoms with Gasteiger partial charge in [0.05, 0.1) is 7.11 Å². The summed E-state index contributed by atoms with van der Waals surface area (Å²) in [6.07, 6.45) is 1.16. The first-order valence-electron chi connectivity index (χ1n) is 5.81. The second kappa shape index (κ2) is 5.24. The highest BCUT2D eigenvalue weighted by atomic mass is 16.5. The Bertz CT molecular complexity index is 339. The second-order valence-electron chi connectivity index (χ2n) is 5.42. The third-order valence-corrected chi connectivity index (χ3v) is 2.64. The number of rotatable bonds is 4. The van der Waals surface area contributed by atoms with Gasteiger partial charge < -0.3 is 10.1 Å². The fourth-order valence-corrected chi connectivity index (χ4v) is 1.49. The van der Waals surface area contributed by atoms with Crippen LogP contribution in [0.1, 0.15) is 32.8 Å². The van der Waals surface area contributed by atoms with E-state index in [9.17, 15) is 0 Å². The fourth-order valence-electron chi connectivity index (χ4n) is 1.49. The van der Waals surface area contributed by atoms with E-state index in [2.05, 4.69) is 45.1 Å². The van der Waals surface area contributed by atoms with E-state index in [1.165, 1.54) is 11.3 Å². The number of aryl methyl sites for hydroxylation is 1. The van der Waals surface area contributed by atoms with Crippen molar-refractivity contribution in [2.75, 3.05) is 19.0 Å². The summed E-state index contributed by atoms with van der Waals surface area (Å²) in [6.45, 7) is 9.88. The maximum atomic E-state index is 5.22. The molecule has 0 aliphatic rings. The van der Waals surface area contributed by atoms with E-state index >= 15 is 0 Å². The number of benzene rings is 1. The molecule has 1 N–H and O–H groups in total. The minimum atomic E-state index is 0.375. The molecular weight excluding hydrogens is 198 g/mol. The Balaban J connectivity index is 2.59. The molecule has 90 valence electrons. The van der Waals surface area contributed by atoms with Gasteiger partial charge in [-0.2, -0.15) is 0 Å².